The molecule has 0 aromatic heterocycles. The standard InChI is InChI=1S/C28H40N6O7/c1-3-18-41-26(39)28(11-5-12-28)25(38)32-21(6-4-13-30-27(29)40)23(36)31-20-9-7-19(8-10-20)22(35)24(37)34-16-14-33(2)15-17-34/h3,7-10,21-22,35H,1,4-6,11-18H2,2H3,(H,31,36)(H,32,38)(H3,29,30,40). The molecule has 0 spiro atoms. The molecule has 1 aliphatic carbocycles. The van der Waals surface area contributed by atoms with Crippen LogP contribution in [0.5, 0.6) is 0 Å². The molecule has 41 heavy (non-hydrogen) atoms. The van der Waals surface area contributed by atoms with Crippen molar-refractivity contribution in [3.8, 4) is 0 Å². The van der Waals surface area contributed by atoms with Crippen LogP contribution < -0.4 is 21.7 Å². The van der Waals surface area contributed by atoms with E-state index in [1.54, 1.807) is 29.2 Å². The van der Waals surface area contributed by atoms with Crippen molar-refractivity contribution in [1.29, 1.82) is 0 Å². The van der Waals surface area contributed by atoms with Crippen molar-refractivity contribution >= 4 is 35.4 Å². The fourth-order valence-corrected chi connectivity index (χ4v) is 4.73. The van der Waals surface area contributed by atoms with Gasteiger partial charge in [-0.3, -0.25) is 19.2 Å². The summed E-state index contributed by atoms with van der Waals surface area (Å²) in [6.45, 7) is 6.22. The minimum absolute atomic E-state index is 0.0256. The number of piperazine rings is 1. The van der Waals surface area contributed by atoms with Gasteiger partial charge < -0.3 is 41.3 Å². The Labute approximate surface area is 239 Å². The highest BCUT2D eigenvalue weighted by Gasteiger charge is 2.52. The number of nitrogens with zero attached hydrogens (tertiary/aromatic N) is 2. The Balaban J connectivity index is 1.65. The molecular formula is C28H40N6O7. The van der Waals surface area contributed by atoms with E-state index < -0.39 is 41.4 Å². The number of nitrogens with two attached hydrogens (primary N) is 1. The number of primary amides is 1. The predicted molar refractivity (Wildman–Crippen MR) is 150 cm³/mol. The first-order valence-electron chi connectivity index (χ1n) is 13.8. The van der Waals surface area contributed by atoms with E-state index >= 15 is 0 Å². The van der Waals surface area contributed by atoms with E-state index in [0.29, 0.717) is 50.0 Å². The molecule has 3 rings (SSSR count). The van der Waals surface area contributed by atoms with Gasteiger partial charge in [0.05, 0.1) is 0 Å². The molecule has 224 valence electrons. The van der Waals surface area contributed by atoms with Crippen LogP contribution in [0.4, 0.5) is 10.5 Å². The molecule has 5 amide bonds. The van der Waals surface area contributed by atoms with Crippen molar-refractivity contribution in [1.82, 2.24) is 20.4 Å². The smallest absolute Gasteiger partial charge is 0.321 e. The first-order valence-corrected chi connectivity index (χ1v) is 13.8. The average Bonchev–Trinajstić information content (AvgIpc) is 2.92. The second-order valence-corrected chi connectivity index (χ2v) is 10.4. The van der Waals surface area contributed by atoms with E-state index in [-0.39, 0.29) is 25.5 Å². The summed E-state index contributed by atoms with van der Waals surface area (Å²) in [7, 11) is 1.98. The fourth-order valence-electron chi connectivity index (χ4n) is 4.73. The Morgan fingerprint density at radius 2 is 1.78 bits per heavy atom. The zero-order chi connectivity index (χ0) is 30.0. The van der Waals surface area contributed by atoms with Gasteiger partial charge in [-0.15, -0.1) is 0 Å². The van der Waals surface area contributed by atoms with Crippen LogP contribution in [0.2, 0.25) is 0 Å². The molecule has 1 saturated heterocycles. The number of ether oxygens (including phenoxy) is 1. The molecule has 1 aromatic rings. The highest BCUT2D eigenvalue weighted by molar-refractivity contribution is 6.06. The molecule has 13 heteroatoms. The third kappa shape index (κ3) is 8.27. The summed E-state index contributed by atoms with van der Waals surface area (Å²) in [6.07, 6.45) is 1.86. The maximum atomic E-state index is 13.2. The summed E-state index contributed by atoms with van der Waals surface area (Å²) >= 11 is 0. The summed E-state index contributed by atoms with van der Waals surface area (Å²) in [4.78, 5) is 66.6. The number of carbonyl (C=O) groups excluding carboxylic acids is 5. The number of likely N-dealkylation sites (N-methyl/N-ethyl adjacent to an activating group) is 1. The lowest BCUT2D eigenvalue weighted by Gasteiger charge is -2.38. The van der Waals surface area contributed by atoms with Crippen LogP contribution in [0.15, 0.2) is 36.9 Å². The van der Waals surface area contributed by atoms with Crippen molar-refractivity contribution < 1.29 is 33.8 Å². The van der Waals surface area contributed by atoms with Crippen molar-refractivity contribution in [3.05, 3.63) is 42.5 Å². The highest BCUT2D eigenvalue weighted by atomic mass is 16.5. The average molecular weight is 573 g/mol. The van der Waals surface area contributed by atoms with Crippen LogP contribution in [0.25, 0.3) is 0 Å². The van der Waals surface area contributed by atoms with Crippen LogP contribution in [0.3, 0.4) is 0 Å². The summed E-state index contributed by atoms with van der Waals surface area (Å²) in [6, 6.07) is 4.49. The molecule has 2 aliphatic rings. The zero-order valence-electron chi connectivity index (χ0n) is 23.4. The third-order valence-electron chi connectivity index (χ3n) is 7.50. The Morgan fingerprint density at radius 3 is 2.34 bits per heavy atom. The number of aliphatic hydroxyl groups excluding tert-OH is 1. The molecule has 1 aliphatic heterocycles. The number of esters is 1. The highest BCUT2D eigenvalue weighted by Crippen LogP contribution is 2.42. The fraction of sp³-hybridized carbons (Fsp3) is 0.536. The maximum absolute atomic E-state index is 13.2. The lowest BCUT2D eigenvalue weighted by Crippen LogP contribution is -2.56. The molecule has 2 atom stereocenters. The lowest BCUT2D eigenvalue weighted by molar-refractivity contribution is -0.167. The Kier molecular flexibility index (Phi) is 11.2. The van der Waals surface area contributed by atoms with Crippen molar-refractivity contribution in [3.63, 3.8) is 0 Å². The summed E-state index contributed by atoms with van der Waals surface area (Å²) in [5, 5.41) is 18.5. The molecule has 2 unspecified atom stereocenters. The van der Waals surface area contributed by atoms with Crippen LogP contribution >= 0.6 is 0 Å². The quantitative estimate of drug-likeness (QED) is 0.0965. The van der Waals surface area contributed by atoms with Gasteiger partial charge in [-0.25, -0.2) is 4.79 Å². The molecule has 1 aromatic carbocycles. The van der Waals surface area contributed by atoms with Gasteiger partial charge in [0.2, 0.25) is 11.8 Å². The largest absolute Gasteiger partial charge is 0.461 e. The number of hydrogen-bond acceptors (Lipinski definition) is 8. The topological polar surface area (TPSA) is 183 Å². The van der Waals surface area contributed by atoms with Crippen LogP contribution in [0.1, 0.15) is 43.8 Å². The molecule has 0 bridgehead atoms. The van der Waals surface area contributed by atoms with Gasteiger partial charge >= 0.3 is 12.0 Å². The normalized spacial score (nSPS) is 17.8. The van der Waals surface area contributed by atoms with Gasteiger partial charge in [0.25, 0.3) is 5.91 Å². The van der Waals surface area contributed by atoms with E-state index in [2.05, 4.69) is 27.4 Å². The number of amides is 5. The van der Waals surface area contributed by atoms with Crippen LogP contribution in [0, 0.1) is 5.41 Å². The molecule has 1 saturated carbocycles. The second-order valence-electron chi connectivity index (χ2n) is 10.4. The number of rotatable bonds is 13. The summed E-state index contributed by atoms with van der Waals surface area (Å²) in [5.41, 5.74) is 4.52. The number of aliphatic hydroxyl groups is 1. The van der Waals surface area contributed by atoms with Crippen molar-refractivity contribution in [2.24, 2.45) is 11.1 Å². The van der Waals surface area contributed by atoms with Crippen molar-refractivity contribution in [2.75, 3.05) is 51.7 Å². The SMILES string of the molecule is C=CCOC(=O)C1(C(=O)NC(CCCNC(N)=O)C(=O)Nc2ccc(C(O)C(=O)N3CCN(C)CC3)cc2)CCC1. The van der Waals surface area contributed by atoms with Gasteiger partial charge in [-0.2, -0.15) is 0 Å². The van der Waals surface area contributed by atoms with Gasteiger partial charge in [-0.05, 0) is 50.4 Å². The summed E-state index contributed by atoms with van der Waals surface area (Å²) < 4.78 is 5.14. The number of hydrogen-bond donors (Lipinski definition) is 5. The van der Waals surface area contributed by atoms with Crippen LogP contribution in [-0.2, 0) is 23.9 Å². The second kappa shape index (κ2) is 14.6. The maximum Gasteiger partial charge on any atom is 0.321 e. The molecule has 6 N–H and O–H groups in total. The first-order chi connectivity index (χ1) is 19.6. The van der Waals surface area contributed by atoms with Gasteiger partial charge in [-0.1, -0.05) is 31.2 Å². The van der Waals surface area contributed by atoms with E-state index in [9.17, 15) is 29.1 Å². The number of benzene rings is 1. The Hall–Kier alpha value is -3.97. The van der Waals surface area contributed by atoms with Crippen molar-refractivity contribution in [2.45, 2.75) is 44.2 Å². The first kappa shape index (κ1) is 31.6. The van der Waals surface area contributed by atoms with Crippen LogP contribution in [-0.4, -0.2) is 97.0 Å². The molecule has 0 radical (unpaired) electrons. The Morgan fingerprint density at radius 1 is 1.12 bits per heavy atom. The van der Waals surface area contributed by atoms with E-state index in [1.807, 2.05) is 7.05 Å². The molecule has 2 fully saturated rings. The van der Waals surface area contributed by atoms with E-state index in [0.717, 1.165) is 13.1 Å². The number of nitrogens with one attached hydrogen (secondary N) is 3. The lowest BCUT2D eigenvalue weighted by atomic mass is 9.68. The monoisotopic (exact) mass is 572 g/mol. The number of carbonyl (C=O) groups is 5. The molecular weight excluding hydrogens is 532 g/mol. The minimum Gasteiger partial charge on any atom is -0.461 e. The third-order valence-corrected chi connectivity index (χ3v) is 7.50. The number of anilines is 1. The molecule has 1 heterocycles. The van der Waals surface area contributed by atoms with Gasteiger partial charge in [0.1, 0.15) is 18.1 Å². The van der Waals surface area contributed by atoms with Gasteiger partial charge in [0, 0.05) is 38.4 Å². The molecule has 13 nitrogen and oxygen atoms in total. The van der Waals surface area contributed by atoms with Gasteiger partial charge in [0.15, 0.2) is 6.10 Å². The number of urea groups is 1. The van der Waals surface area contributed by atoms with E-state index in [4.69, 9.17) is 10.5 Å². The minimum atomic E-state index is -1.36. The predicted octanol–water partition coefficient (Wildman–Crippen LogP) is 0.265. The van der Waals surface area contributed by atoms with E-state index in [1.165, 1.54) is 6.08 Å². The summed E-state index contributed by atoms with van der Waals surface area (Å²) in [5.74, 6) is -2.16. The Bertz CT molecular complexity index is 1110. The zero-order valence-corrected chi connectivity index (χ0v) is 23.4.